The predicted molar refractivity (Wildman–Crippen MR) is 85.5 cm³/mol. The quantitative estimate of drug-likeness (QED) is 0.238. The van der Waals surface area contributed by atoms with E-state index in [4.69, 9.17) is 27.6 Å². The Morgan fingerprint density at radius 3 is 1.64 bits per heavy atom. The van der Waals surface area contributed by atoms with Gasteiger partial charge >= 0.3 is 11.9 Å². The van der Waals surface area contributed by atoms with Crippen LogP contribution in [0.1, 0.15) is 48.4 Å². The molecule has 0 saturated carbocycles. The number of benzene rings is 1. The Morgan fingerprint density at radius 1 is 1.00 bits per heavy atom. The fourth-order valence-corrected chi connectivity index (χ4v) is 1.19. The van der Waals surface area contributed by atoms with E-state index in [1.807, 2.05) is 27.7 Å². The Bertz CT molecular complexity index is 499. The van der Waals surface area contributed by atoms with Crippen molar-refractivity contribution < 1.29 is 19.8 Å². The molecule has 0 bridgehead atoms. The molecule has 9 heteroatoms. The monoisotopic (exact) mass is 313 g/mol. The zero-order valence-electron chi connectivity index (χ0n) is 13.1. The lowest BCUT2D eigenvalue weighted by Crippen LogP contribution is -2.43. The van der Waals surface area contributed by atoms with Crippen molar-refractivity contribution in [2.45, 2.75) is 27.7 Å². The van der Waals surface area contributed by atoms with E-state index in [0.29, 0.717) is 0 Å². The van der Waals surface area contributed by atoms with Crippen molar-refractivity contribution in [1.82, 2.24) is 0 Å². The second-order valence-corrected chi connectivity index (χ2v) is 3.24. The zero-order valence-corrected chi connectivity index (χ0v) is 13.1. The third-order valence-corrected chi connectivity index (χ3v) is 2.07. The lowest BCUT2D eigenvalue weighted by atomic mass is 10.1. The van der Waals surface area contributed by atoms with Crippen LogP contribution in [0, 0.1) is 0 Å². The second kappa shape index (κ2) is 10.9. The number of hydrazone groups is 1. The molecule has 124 valence electrons. The topological polar surface area (TPSA) is 168 Å². The summed E-state index contributed by atoms with van der Waals surface area (Å²) in [4.78, 5) is 21.7. The molecule has 0 amide bonds. The first-order valence-electron chi connectivity index (χ1n) is 6.56. The van der Waals surface area contributed by atoms with E-state index in [-0.39, 0.29) is 22.8 Å². The average molecular weight is 313 g/mol. The second-order valence-electron chi connectivity index (χ2n) is 3.24. The molecule has 0 fully saturated rings. The summed E-state index contributed by atoms with van der Waals surface area (Å²) in [5.41, 5.74) is 4.88. The molecule has 0 spiro atoms. The normalized spacial score (nSPS) is 9.59. The maximum Gasteiger partial charge on any atom is 0.335 e. The summed E-state index contributed by atoms with van der Waals surface area (Å²) in [6, 6.07) is 3.29. The minimum absolute atomic E-state index is 0.0407. The summed E-state index contributed by atoms with van der Waals surface area (Å²) in [5.74, 6) is 7.53. The molecule has 0 atom stereocenters. The van der Waals surface area contributed by atoms with Crippen LogP contribution in [0.2, 0.25) is 0 Å². The summed E-state index contributed by atoms with van der Waals surface area (Å²) in [5, 5.41) is 21.6. The number of anilines is 1. The summed E-state index contributed by atoms with van der Waals surface area (Å²) in [6.45, 7) is 8.00. The van der Waals surface area contributed by atoms with Crippen molar-refractivity contribution in [3.05, 3.63) is 29.3 Å². The van der Waals surface area contributed by atoms with Gasteiger partial charge in [-0.05, 0) is 18.2 Å². The number of carbonyl (C=O) groups is 2. The zero-order chi connectivity index (χ0) is 17.9. The Kier molecular flexibility index (Phi) is 10.7. The van der Waals surface area contributed by atoms with Gasteiger partial charge in [0.2, 0.25) is 5.96 Å². The molecule has 1 rings (SSSR count). The molecule has 0 aliphatic heterocycles. The number of aromatic carboxylic acids is 2. The highest BCUT2D eigenvalue weighted by atomic mass is 16.4. The predicted octanol–water partition coefficient (Wildman–Crippen LogP) is 1.00. The van der Waals surface area contributed by atoms with Crippen LogP contribution in [-0.2, 0) is 0 Å². The van der Waals surface area contributed by atoms with E-state index in [0.717, 1.165) is 23.2 Å². The average Bonchev–Trinajstić information content (AvgIpc) is 2.56. The largest absolute Gasteiger partial charge is 0.478 e. The molecule has 0 aliphatic carbocycles. The molecule has 0 radical (unpaired) electrons. The maximum absolute atomic E-state index is 10.9. The minimum atomic E-state index is -1.30. The Labute approximate surface area is 129 Å². The first kappa shape index (κ1) is 21.5. The van der Waals surface area contributed by atoms with Crippen LogP contribution in [0.25, 0.3) is 0 Å². The van der Waals surface area contributed by atoms with E-state index >= 15 is 0 Å². The van der Waals surface area contributed by atoms with Gasteiger partial charge in [0.25, 0.3) is 0 Å². The Hall–Kier alpha value is -2.81. The van der Waals surface area contributed by atoms with Gasteiger partial charge in [0.05, 0.1) is 16.8 Å². The Morgan fingerprint density at radius 2 is 1.36 bits per heavy atom. The number of hydrazine groups is 1. The number of carboxylic acid groups (broad SMARTS) is 2. The molecular formula is C13H23N5O4. The molecule has 1 aromatic carbocycles. The highest BCUT2D eigenvalue weighted by Gasteiger charge is 2.15. The van der Waals surface area contributed by atoms with Crippen LogP contribution in [0.4, 0.5) is 5.69 Å². The number of hydrogen-bond acceptors (Lipinski definition) is 5. The van der Waals surface area contributed by atoms with Gasteiger partial charge in [0.15, 0.2) is 0 Å². The van der Waals surface area contributed by atoms with Crippen molar-refractivity contribution in [2.24, 2.45) is 22.5 Å². The van der Waals surface area contributed by atoms with Crippen molar-refractivity contribution in [3.63, 3.8) is 0 Å². The number of rotatable bonds is 3. The molecule has 0 unspecified atom stereocenters. The van der Waals surface area contributed by atoms with Gasteiger partial charge in [-0.1, -0.05) is 27.7 Å². The maximum atomic E-state index is 10.9. The molecule has 1 aromatic rings. The van der Waals surface area contributed by atoms with E-state index in [9.17, 15) is 9.59 Å². The van der Waals surface area contributed by atoms with Gasteiger partial charge in [0.1, 0.15) is 0 Å². The molecule has 0 saturated heterocycles. The van der Waals surface area contributed by atoms with Crippen molar-refractivity contribution in [2.75, 3.05) is 5.01 Å². The molecule has 9 nitrogen and oxygen atoms in total. The molecule has 0 aromatic heterocycles. The number of hydrogen-bond donors (Lipinski definition) is 5. The lowest BCUT2D eigenvalue weighted by Gasteiger charge is -2.17. The molecule has 22 heavy (non-hydrogen) atoms. The van der Waals surface area contributed by atoms with E-state index in [1.54, 1.807) is 0 Å². The summed E-state index contributed by atoms with van der Waals surface area (Å²) < 4.78 is 0. The van der Waals surface area contributed by atoms with E-state index in [1.165, 1.54) is 0 Å². The Balaban J connectivity index is 0. The summed E-state index contributed by atoms with van der Waals surface area (Å²) in [6.07, 6.45) is 0. The smallest absolute Gasteiger partial charge is 0.335 e. The van der Waals surface area contributed by atoms with Crippen LogP contribution in [-0.4, -0.2) is 28.1 Å². The SMILES string of the molecule is CC.CC.N/N=C(/N)N(N)c1cc(C(=O)O)cc(C(=O)O)c1. The van der Waals surface area contributed by atoms with Crippen molar-refractivity contribution >= 4 is 23.6 Å². The third-order valence-electron chi connectivity index (χ3n) is 2.07. The van der Waals surface area contributed by atoms with E-state index in [2.05, 4.69) is 5.10 Å². The standard InChI is InChI=1S/C9H11N5O4.2C2H6/c10-9(13-11)14(12)6-2-4(7(15)16)1-5(3-6)8(17)18;2*1-2/h1-3H,11-12H2,(H2,10,13)(H,15,16)(H,17,18);2*1-2H3. The third kappa shape index (κ3) is 6.09. The van der Waals surface area contributed by atoms with Gasteiger partial charge in [-0.3, -0.25) is 0 Å². The first-order chi connectivity index (χ1) is 10.4. The van der Waals surface area contributed by atoms with Crippen LogP contribution in [0.3, 0.4) is 0 Å². The number of nitrogens with zero attached hydrogens (tertiary/aromatic N) is 2. The van der Waals surface area contributed by atoms with Gasteiger partial charge in [-0.2, -0.15) is 0 Å². The van der Waals surface area contributed by atoms with Crippen molar-refractivity contribution in [3.8, 4) is 0 Å². The van der Waals surface area contributed by atoms with Crippen LogP contribution in [0.5, 0.6) is 0 Å². The number of carboxylic acids is 2. The van der Waals surface area contributed by atoms with Gasteiger partial charge in [0, 0.05) is 0 Å². The number of nitrogens with two attached hydrogens (primary N) is 3. The summed E-state index contributed by atoms with van der Waals surface area (Å²) >= 11 is 0. The molecule has 0 aliphatic rings. The first-order valence-corrected chi connectivity index (χ1v) is 6.56. The van der Waals surface area contributed by atoms with Gasteiger partial charge in [-0.25, -0.2) is 20.4 Å². The minimum Gasteiger partial charge on any atom is -0.478 e. The number of guanidine groups is 1. The highest BCUT2D eigenvalue weighted by Crippen LogP contribution is 2.17. The van der Waals surface area contributed by atoms with Gasteiger partial charge in [-0.15, -0.1) is 5.10 Å². The molecule has 8 N–H and O–H groups in total. The van der Waals surface area contributed by atoms with E-state index < -0.39 is 11.9 Å². The summed E-state index contributed by atoms with van der Waals surface area (Å²) in [7, 11) is 0. The molecule has 0 heterocycles. The van der Waals surface area contributed by atoms with Crippen LogP contribution >= 0.6 is 0 Å². The fourth-order valence-electron chi connectivity index (χ4n) is 1.19. The van der Waals surface area contributed by atoms with Crippen molar-refractivity contribution in [1.29, 1.82) is 0 Å². The molecular weight excluding hydrogens is 290 g/mol. The van der Waals surface area contributed by atoms with Crippen LogP contribution < -0.4 is 22.4 Å². The fraction of sp³-hybridized carbons (Fsp3) is 0.308. The lowest BCUT2D eigenvalue weighted by molar-refractivity contribution is 0.0696. The van der Waals surface area contributed by atoms with Crippen LogP contribution in [0.15, 0.2) is 23.3 Å². The van der Waals surface area contributed by atoms with Gasteiger partial charge < -0.3 is 21.8 Å². The highest BCUT2D eigenvalue weighted by molar-refractivity contribution is 5.99.